The average Bonchev–Trinajstić information content (AvgIpc) is 2.78. The van der Waals surface area contributed by atoms with Crippen molar-refractivity contribution in [3.8, 4) is 17.0 Å². The van der Waals surface area contributed by atoms with Crippen LogP contribution in [0.15, 0.2) is 28.9 Å². The Balaban J connectivity index is 2.37. The van der Waals surface area contributed by atoms with E-state index in [9.17, 15) is 0 Å². The van der Waals surface area contributed by atoms with E-state index in [1.807, 2.05) is 24.3 Å². The summed E-state index contributed by atoms with van der Waals surface area (Å²) in [5.74, 6) is 0.777. The van der Waals surface area contributed by atoms with Gasteiger partial charge in [0, 0.05) is 12.0 Å². The third-order valence-corrected chi connectivity index (χ3v) is 2.28. The second-order valence-corrected chi connectivity index (χ2v) is 3.33. The Kier molecular flexibility index (Phi) is 3.16. The molecule has 0 unspecified atom stereocenters. The first-order valence-electron chi connectivity index (χ1n) is 5.01. The van der Waals surface area contributed by atoms with Gasteiger partial charge < -0.3 is 10.5 Å². The summed E-state index contributed by atoms with van der Waals surface area (Å²) in [6.45, 7) is 0.519. The van der Waals surface area contributed by atoms with Crippen LogP contribution in [0.5, 0.6) is 5.75 Å². The Morgan fingerprint density at radius 2 is 2.25 bits per heavy atom. The van der Waals surface area contributed by atoms with Crippen molar-refractivity contribution in [2.24, 2.45) is 5.73 Å². The first-order valence-corrected chi connectivity index (χ1v) is 5.01. The topological polar surface area (TPSA) is 74.2 Å². The summed E-state index contributed by atoms with van der Waals surface area (Å²) in [4.78, 5) is 0. The van der Waals surface area contributed by atoms with Crippen LogP contribution < -0.4 is 10.5 Å². The Morgan fingerprint density at radius 1 is 1.38 bits per heavy atom. The maximum atomic E-state index is 5.49. The minimum atomic E-state index is 0.519. The Hall–Kier alpha value is -1.88. The highest BCUT2D eigenvalue weighted by Crippen LogP contribution is 2.24. The van der Waals surface area contributed by atoms with Crippen molar-refractivity contribution < 1.29 is 9.37 Å². The smallest absolute Gasteiger partial charge is 0.138 e. The summed E-state index contributed by atoms with van der Waals surface area (Å²) in [6, 6.07) is 7.59. The van der Waals surface area contributed by atoms with Crippen LogP contribution in [-0.4, -0.2) is 24.0 Å². The molecular formula is C11H13N3O2. The monoisotopic (exact) mass is 219 g/mol. The zero-order valence-electron chi connectivity index (χ0n) is 9.01. The molecule has 5 nitrogen and oxygen atoms in total. The van der Waals surface area contributed by atoms with Gasteiger partial charge in [0.25, 0.3) is 0 Å². The van der Waals surface area contributed by atoms with E-state index in [-0.39, 0.29) is 0 Å². The quantitative estimate of drug-likeness (QED) is 0.837. The third-order valence-electron chi connectivity index (χ3n) is 2.28. The van der Waals surface area contributed by atoms with Gasteiger partial charge in [-0.1, -0.05) is 17.3 Å². The number of hydrogen-bond acceptors (Lipinski definition) is 5. The van der Waals surface area contributed by atoms with Crippen molar-refractivity contribution in [3.05, 3.63) is 30.0 Å². The highest BCUT2D eigenvalue weighted by Gasteiger charge is 2.11. The molecule has 1 aromatic carbocycles. The highest BCUT2D eigenvalue weighted by atomic mass is 16.6. The number of ether oxygens (including phenoxy) is 1. The maximum absolute atomic E-state index is 5.49. The van der Waals surface area contributed by atoms with Gasteiger partial charge in [-0.05, 0) is 23.8 Å². The molecule has 5 heteroatoms. The van der Waals surface area contributed by atoms with Crippen molar-refractivity contribution in [1.29, 1.82) is 0 Å². The largest absolute Gasteiger partial charge is 0.497 e. The molecular weight excluding hydrogens is 206 g/mol. The fourth-order valence-electron chi connectivity index (χ4n) is 1.50. The molecule has 0 fully saturated rings. The molecule has 1 aromatic heterocycles. The minimum absolute atomic E-state index is 0.519. The first-order chi connectivity index (χ1) is 7.85. The lowest BCUT2D eigenvalue weighted by Crippen LogP contribution is -2.04. The number of nitrogens with zero attached hydrogens (tertiary/aromatic N) is 2. The molecule has 0 saturated heterocycles. The summed E-state index contributed by atoms with van der Waals surface area (Å²) in [5.41, 5.74) is 7.91. The molecule has 1 heterocycles. The highest BCUT2D eigenvalue weighted by molar-refractivity contribution is 5.62. The molecule has 2 N–H and O–H groups in total. The van der Waals surface area contributed by atoms with Crippen LogP contribution in [-0.2, 0) is 6.42 Å². The van der Waals surface area contributed by atoms with Crippen LogP contribution in [0.4, 0.5) is 0 Å². The second-order valence-electron chi connectivity index (χ2n) is 3.33. The van der Waals surface area contributed by atoms with Gasteiger partial charge >= 0.3 is 0 Å². The molecule has 0 aliphatic heterocycles. The molecule has 2 aromatic rings. The fourth-order valence-corrected chi connectivity index (χ4v) is 1.50. The summed E-state index contributed by atoms with van der Waals surface area (Å²) < 4.78 is 9.88. The van der Waals surface area contributed by atoms with Gasteiger partial charge in [-0.15, -0.1) is 0 Å². The lowest BCUT2D eigenvalue weighted by molar-refractivity contribution is 0.304. The Morgan fingerprint density at radius 3 is 3.00 bits per heavy atom. The minimum Gasteiger partial charge on any atom is -0.497 e. The Labute approximate surface area is 93.2 Å². The lowest BCUT2D eigenvalue weighted by Gasteiger charge is -2.02. The van der Waals surface area contributed by atoms with Gasteiger partial charge in [-0.3, -0.25) is 0 Å². The molecule has 0 amide bonds. The van der Waals surface area contributed by atoms with E-state index in [2.05, 4.69) is 10.3 Å². The van der Waals surface area contributed by atoms with E-state index in [0.717, 1.165) is 22.7 Å². The van der Waals surface area contributed by atoms with E-state index >= 15 is 0 Å². The number of methoxy groups -OCH3 is 1. The normalized spacial score (nSPS) is 10.4. The number of aromatic nitrogens is 2. The van der Waals surface area contributed by atoms with Crippen LogP contribution >= 0.6 is 0 Å². The predicted molar refractivity (Wildman–Crippen MR) is 59.0 cm³/mol. The third kappa shape index (κ3) is 2.04. The van der Waals surface area contributed by atoms with Crippen LogP contribution in [0.3, 0.4) is 0 Å². The zero-order valence-corrected chi connectivity index (χ0v) is 9.01. The Bertz CT molecular complexity index is 468. The van der Waals surface area contributed by atoms with E-state index in [1.54, 1.807) is 7.11 Å². The summed E-state index contributed by atoms with van der Waals surface area (Å²) in [7, 11) is 1.63. The van der Waals surface area contributed by atoms with E-state index < -0.39 is 0 Å². The van der Waals surface area contributed by atoms with Crippen LogP contribution in [0.1, 0.15) is 5.69 Å². The molecule has 84 valence electrons. The zero-order chi connectivity index (χ0) is 11.4. The lowest BCUT2D eigenvalue weighted by atomic mass is 10.1. The number of nitrogens with two attached hydrogens (primary N) is 1. The van der Waals surface area contributed by atoms with Crippen LogP contribution in [0.2, 0.25) is 0 Å². The second kappa shape index (κ2) is 4.76. The van der Waals surface area contributed by atoms with Crippen LogP contribution in [0, 0.1) is 0 Å². The van der Waals surface area contributed by atoms with Crippen molar-refractivity contribution in [1.82, 2.24) is 10.3 Å². The van der Waals surface area contributed by atoms with E-state index in [1.165, 1.54) is 0 Å². The molecule has 0 bridgehead atoms. The first kappa shape index (κ1) is 10.6. The summed E-state index contributed by atoms with van der Waals surface area (Å²) >= 11 is 0. The van der Waals surface area contributed by atoms with Gasteiger partial charge in [0.05, 0.1) is 7.11 Å². The summed E-state index contributed by atoms with van der Waals surface area (Å²) in [5, 5.41) is 7.71. The molecule has 0 saturated carbocycles. The standard InChI is InChI=1S/C11H13N3O2/c1-15-9-4-2-3-8(7-9)11-10(5-6-12)13-16-14-11/h2-4,7H,5-6,12H2,1H3. The van der Waals surface area contributed by atoms with Gasteiger partial charge in [-0.25, -0.2) is 4.63 Å². The van der Waals surface area contributed by atoms with Gasteiger partial charge in [0.1, 0.15) is 17.1 Å². The number of benzene rings is 1. The van der Waals surface area contributed by atoms with Gasteiger partial charge in [-0.2, -0.15) is 0 Å². The van der Waals surface area contributed by atoms with Crippen molar-refractivity contribution in [2.75, 3.05) is 13.7 Å². The molecule has 16 heavy (non-hydrogen) atoms. The molecule has 0 spiro atoms. The SMILES string of the molecule is COc1cccc(-c2nonc2CCN)c1. The average molecular weight is 219 g/mol. The van der Waals surface area contributed by atoms with E-state index in [0.29, 0.717) is 13.0 Å². The summed E-state index contributed by atoms with van der Waals surface area (Å²) in [6.07, 6.45) is 0.649. The molecule has 2 rings (SSSR count). The fraction of sp³-hybridized carbons (Fsp3) is 0.273. The van der Waals surface area contributed by atoms with Gasteiger partial charge in [0.15, 0.2) is 0 Å². The van der Waals surface area contributed by atoms with Crippen molar-refractivity contribution in [3.63, 3.8) is 0 Å². The molecule has 0 aliphatic carbocycles. The molecule has 0 atom stereocenters. The van der Waals surface area contributed by atoms with Crippen molar-refractivity contribution in [2.45, 2.75) is 6.42 Å². The maximum Gasteiger partial charge on any atom is 0.138 e. The molecule has 0 aliphatic rings. The predicted octanol–water partition coefficient (Wildman–Crippen LogP) is 1.25. The van der Waals surface area contributed by atoms with Gasteiger partial charge in [0.2, 0.25) is 0 Å². The molecule has 0 radical (unpaired) electrons. The van der Waals surface area contributed by atoms with Crippen molar-refractivity contribution >= 4 is 0 Å². The van der Waals surface area contributed by atoms with E-state index in [4.69, 9.17) is 15.1 Å². The number of hydrogen-bond donors (Lipinski definition) is 1. The number of rotatable bonds is 4. The van der Waals surface area contributed by atoms with Crippen LogP contribution in [0.25, 0.3) is 11.3 Å².